The molecule has 5 rings (SSSR count). The number of benzene rings is 1. The molecule has 138 valence electrons. The number of anilines is 1. The number of nitrogens with zero attached hydrogens (tertiary/aromatic N) is 5. The molecule has 3 aromatic rings. The van der Waals surface area contributed by atoms with Gasteiger partial charge in [-0.2, -0.15) is 4.98 Å². The van der Waals surface area contributed by atoms with E-state index in [1.54, 1.807) is 0 Å². The molecule has 1 aliphatic carbocycles. The van der Waals surface area contributed by atoms with Crippen LogP contribution in [0, 0.1) is 0 Å². The zero-order valence-corrected chi connectivity index (χ0v) is 15.6. The summed E-state index contributed by atoms with van der Waals surface area (Å²) in [4.78, 5) is 16.5. The molecule has 1 aromatic carbocycles. The average Bonchev–Trinajstić information content (AvgIpc) is 3.34. The lowest BCUT2D eigenvalue weighted by atomic mass is 9.77. The van der Waals surface area contributed by atoms with Crippen LogP contribution in [0.5, 0.6) is 0 Å². The van der Waals surface area contributed by atoms with Gasteiger partial charge in [-0.25, -0.2) is 9.97 Å². The molecule has 6 nitrogen and oxygen atoms in total. The summed E-state index contributed by atoms with van der Waals surface area (Å²) >= 11 is 0. The fourth-order valence-corrected chi connectivity index (χ4v) is 4.49. The van der Waals surface area contributed by atoms with Gasteiger partial charge in [0.2, 0.25) is 5.89 Å². The molecular formula is C21H23N5O. The van der Waals surface area contributed by atoms with Gasteiger partial charge in [0.25, 0.3) is 5.95 Å². The van der Waals surface area contributed by atoms with E-state index in [0.29, 0.717) is 5.89 Å². The van der Waals surface area contributed by atoms with Crippen LogP contribution in [0.2, 0.25) is 0 Å². The Morgan fingerprint density at radius 2 is 2.04 bits per heavy atom. The molecule has 0 bridgehead atoms. The van der Waals surface area contributed by atoms with Crippen molar-refractivity contribution in [3.63, 3.8) is 0 Å². The monoisotopic (exact) mass is 361 g/mol. The van der Waals surface area contributed by atoms with E-state index in [2.05, 4.69) is 32.2 Å². The highest BCUT2D eigenvalue weighted by Crippen LogP contribution is 2.44. The summed E-state index contributed by atoms with van der Waals surface area (Å²) < 4.78 is 5.34. The van der Waals surface area contributed by atoms with Crippen LogP contribution in [0.1, 0.15) is 43.3 Å². The van der Waals surface area contributed by atoms with Crippen LogP contribution in [0.4, 0.5) is 5.95 Å². The van der Waals surface area contributed by atoms with Gasteiger partial charge in [-0.15, -0.1) is 0 Å². The Hall–Kier alpha value is -2.76. The van der Waals surface area contributed by atoms with Gasteiger partial charge in [0.05, 0.1) is 5.69 Å². The quantitative estimate of drug-likeness (QED) is 0.710. The van der Waals surface area contributed by atoms with Crippen molar-refractivity contribution < 1.29 is 4.52 Å². The second kappa shape index (κ2) is 6.44. The summed E-state index contributed by atoms with van der Waals surface area (Å²) in [7, 11) is 0. The molecular weight excluding hydrogens is 338 g/mol. The van der Waals surface area contributed by atoms with Crippen LogP contribution in [-0.4, -0.2) is 33.2 Å². The first-order chi connectivity index (χ1) is 13.3. The van der Waals surface area contributed by atoms with Crippen LogP contribution >= 0.6 is 0 Å². The SMILES string of the molecule is CCc1nc(N2CCCC3(CCc4cnc(-c5ccccc5)nc43)C2)no1. The van der Waals surface area contributed by atoms with E-state index in [4.69, 9.17) is 9.51 Å². The van der Waals surface area contributed by atoms with E-state index in [1.807, 2.05) is 31.3 Å². The lowest BCUT2D eigenvalue weighted by Gasteiger charge is -2.39. The number of hydrogen-bond donors (Lipinski definition) is 0. The largest absolute Gasteiger partial charge is 0.337 e. The number of fused-ring (bicyclic) bond motifs is 2. The molecule has 0 saturated carbocycles. The molecule has 2 aliphatic rings. The van der Waals surface area contributed by atoms with Gasteiger partial charge in [0.15, 0.2) is 5.82 Å². The summed E-state index contributed by atoms with van der Waals surface area (Å²) in [6.45, 7) is 3.90. The molecule has 1 saturated heterocycles. The third-order valence-electron chi connectivity index (χ3n) is 5.89. The highest BCUT2D eigenvalue weighted by atomic mass is 16.5. The Balaban J connectivity index is 1.49. The number of hydrogen-bond acceptors (Lipinski definition) is 6. The Morgan fingerprint density at radius 3 is 2.85 bits per heavy atom. The van der Waals surface area contributed by atoms with Gasteiger partial charge in [0, 0.05) is 36.7 Å². The summed E-state index contributed by atoms with van der Waals surface area (Å²) in [6.07, 6.45) is 7.22. The highest BCUT2D eigenvalue weighted by Gasteiger charge is 2.44. The normalized spacial score (nSPS) is 21.6. The minimum absolute atomic E-state index is 0.0626. The Labute approximate surface area is 158 Å². The van der Waals surface area contributed by atoms with Crippen molar-refractivity contribution >= 4 is 5.95 Å². The van der Waals surface area contributed by atoms with Crippen molar-refractivity contribution in [2.45, 2.75) is 44.4 Å². The number of aromatic nitrogens is 4. The zero-order valence-electron chi connectivity index (χ0n) is 15.6. The molecule has 0 radical (unpaired) electrons. The van der Waals surface area contributed by atoms with Crippen LogP contribution < -0.4 is 4.90 Å². The van der Waals surface area contributed by atoms with E-state index < -0.39 is 0 Å². The van der Waals surface area contributed by atoms with E-state index in [9.17, 15) is 0 Å². The number of aryl methyl sites for hydroxylation is 2. The lowest BCUT2D eigenvalue weighted by Crippen LogP contribution is -2.46. The molecule has 1 atom stereocenters. The van der Waals surface area contributed by atoms with Crippen molar-refractivity contribution in [1.82, 2.24) is 20.1 Å². The predicted molar refractivity (Wildman–Crippen MR) is 103 cm³/mol. The average molecular weight is 361 g/mol. The fourth-order valence-electron chi connectivity index (χ4n) is 4.49. The van der Waals surface area contributed by atoms with Gasteiger partial charge >= 0.3 is 0 Å². The molecule has 1 spiro atoms. The first kappa shape index (κ1) is 16.4. The van der Waals surface area contributed by atoms with Gasteiger partial charge in [-0.3, -0.25) is 0 Å². The van der Waals surface area contributed by atoms with E-state index in [1.165, 1.54) is 11.3 Å². The second-order valence-corrected chi connectivity index (χ2v) is 7.58. The molecule has 3 heterocycles. The van der Waals surface area contributed by atoms with Crippen molar-refractivity contribution in [3.8, 4) is 11.4 Å². The summed E-state index contributed by atoms with van der Waals surface area (Å²) in [5.74, 6) is 2.24. The van der Waals surface area contributed by atoms with Crippen LogP contribution in [0.15, 0.2) is 41.1 Å². The van der Waals surface area contributed by atoms with Gasteiger partial charge in [-0.05, 0) is 36.4 Å². The van der Waals surface area contributed by atoms with E-state index in [0.717, 1.165) is 62.5 Å². The van der Waals surface area contributed by atoms with Gasteiger partial charge < -0.3 is 9.42 Å². The molecule has 2 aromatic heterocycles. The summed E-state index contributed by atoms with van der Waals surface area (Å²) in [5.41, 5.74) is 3.65. The van der Waals surface area contributed by atoms with Gasteiger partial charge in [0.1, 0.15) is 0 Å². The maximum Gasteiger partial charge on any atom is 0.266 e. The van der Waals surface area contributed by atoms with Crippen LogP contribution in [0.3, 0.4) is 0 Å². The van der Waals surface area contributed by atoms with Gasteiger partial charge in [-0.1, -0.05) is 37.3 Å². The zero-order chi connectivity index (χ0) is 18.3. The minimum Gasteiger partial charge on any atom is -0.337 e. The third kappa shape index (κ3) is 2.80. The lowest BCUT2D eigenvalue weighted by molar-refractivity contribution is 0.327. The molecule has 0 N–H and O–H groups in total. The molecule has 1 aliphatic heterocycles. The Kier molecular flexibility index (Phi) is 3.92. The standard InChI is InChI=1S/C21H23N5O/c1-2-17-23-20(25-27-17)26-12-6-10-21(14-26)11-9-16-13-22-19(24-18(16)21)15-7-4-3-5-8-15/h3-5,7-8,13H,2,6,9-12,14H2,1H3. The maximum atomic E-state index is 5.34. The predicted octanol–water partition coefficient (Wildman–Crippen LogP) is 3.57. The highest BCUT2D eigenvalue weighted by molar-refractivity contribution is 5.56. The summed E-state index contributed by atoms with van der Waals surface area (Å²) in [5, 5.41) is 4.19. The van der Waals surface area contributed by atoms with Crippen molar-refractivity contribution in [1.29, 1.82) is 0 Å². The first-order valence-corrected chi connectivity index (χ1v) is 9.77. The minimum atomic E-state index is 0.0626. The maximum absolute atomic E-state index is 5.34. The molecule has 6 heteroatoms. The molecule has 0 amide bonds. The first-order valence-electron chi connectivity index (χ1n) is 9.77. The van der Waals surface area contributed by atoms with Crippen molar-refractivity contribution in [3.05, 3.63) is 53.7 Å². The molecule has 27 heavy (non-hydrogen) atoms. The van der Waals surface area contributed by atoms with Crippen LogP contribution in [-0.2, 0) is 18.3 Å². The smallest absolute Gasteiger partial charge is 0.266 e. The third-order valence-corrected chi connectivity index (χ3v) is 5.89. The molecule has 1 unspecified atom stereocenters. The fraction of sp³-hybridized carbons (Fsp3) is 0.429. The van der Waals surface area contributed by atoms with Crippen molar-refractivity contribution in [2.24, 2.45) is 0 Å². The number of piperidine rings is 1. The summed E-state index contributed by atoms with van der Waals surface area (Å²) in [6, 6.07) is 10.2. The van der Waals surface area contributed by atoms with Crippen LogP contribution in [0.25, 0.3) is 11.4 Å². The number of rotatable bonds is 3. The Morgan fingerprint density at radius 1 is 1.15 bits per heavy atom. The topological polar surface area (TPSA) is 67.9 Å². The van der Waals surface area contributed by atoms with Crippen molar-refractivity contribution in [2.75, 3.05) is 18.0 Å². The molecule has 1 fully saturated rings. The Bertz CT molecular complexity index is 950. The second-order valence-electron chi connectivity index (χ2n) is 7.58. The van der Waals surface area contributed by atoms with E-state index in [-0.39, 0.29) is 5.41 Å². The van der Waals surface area contributed by atoms with E-state index >= 15 is 0 Å².